The van der Waals surface area contributed by atoms with Crippen LogP contribution in [0.4, 0.5) is 4.79 Å². The SMILES string of the molecule is CN(Cc1cnc2ccccc2n1)C(=O)NCCCCO. The molecule has 0 aliphatic heterocycles. The Morgan fingerprint density at radius 3 is 2.81 bits per heavy atom. The van der Waals surface area contributed by atoms with Crippen LogP contribution in [-0.2, 0) is 6.54 Å². The summed E-state index contributed by atoms with van der Waals surface area (Å²) in [4.78, 5) is 22.3. The lowest BCUT2D eigenvalue weighted by Gasteiger charge is -2.17. The molecular weight excluding hydrogens is 268 g/mol. The number of hydrogen-bond acceptors (Lipinski definition) is 4. The maximum atomic E-state index is 11.9. The summed E-state index contributed by atoms with van der Waals surface area (Å²) in [5, 5.41) is 11.5. The number of carbonyl (C=O) groups is 1. The number of nitrogens with one attached hydrogen (secondary N) is 1. The van der Waals surface area contributed by atoms with Crippen LogP contribution in [0.2, 0.25) is 0 Å². The molecule has 0 radical (unpaired) electrons. The second kappa shape index (κ2) is 7.54. The van der Waals surface area contributed by atoms with Crippen LogP contribution in [0.5, 0.6) is 0 Å². The van der Waals surface area contributed by atoms with E-state index in [0.717, 1.165) is 23.1 Å². The lowest BCUT2D eigenvalue weighted by Crippen LogP contribution is -2.37. The fraction of sp³-hybridized carbons (Fsp3) is 0.400. The van der Waals surface area contributed by atoms with Gasteiger partial charge in [-0.1, -0.05) is 12.1 Å². The molecule has 1 aromatic heterocycles. The molecule has 6 nitrogen and oxygen atoms in total. The van der Waals surface area contributed by atoms with Crippen LogP contribution < -0.4 is 5.32 Å². The average molecular weight is 288 g/mol. The van der Waals surface area contributed by atoms with Gasteiger partial charge < -0.3 is 15.3 Å². The van der Waals surface area contributed by atoms with E-state index in [9.17, 15) is 4.79 Å². The second-order valence-electron chi connectivity index (χ2n) is 4.87. The topological polar surface area (TPSA) is 78.4 Å². The molecule has 0 spiro atoms. The maximum absolute atomic E-state index is 11.9. The van der Waals surface area contributed by atoms with Gasteiger partial charge in [0.1, 0.15) is 0 Å². The predicted octanol–water partition coefficient (Wildman–Crippen LogP) is 1.54. The molecule has 1 heterocycles. The van der Waals surface area contributed by atoms with E-state index in [0.29, 0.717) is 19.5 Å². The van der Waals surface area contributed by atoms with Crippen LogP contribution in [-0.4, -0.2) is 46.2 Å². The van der Waals surface area contributed by atoms with E-state index in [1.165, 1.54) is 0 Å². The first-order valence-electron chi connectivity index (χ1n) is 7.01. The van der Waals surface area contributed by atoms with Gasteiger partial charge >= 0.3 is 6.03 Å². The molecule has 2 rings (SSSR count). The van der Waals surface area contributed by atoms with E-state index in [2.05, 4.69) is 15.3 Å². The quantitative estimate of drug-likeness (QED) is 0.790. The number of aromatic nitrogens is 2. The molecule has 2 amide bonds. The number of hydrogen-bond donors (Lipinski definition) is 2. The number of nitrogens with zero attached hydrogens (tertiary/aromatic N) is 3. The van der Waals surface area contributed by atoms with Gasteiger partial charge in [0.25, 0.3) is 0 Å². The molecule has 0 bridgehead atoms. The zero-order valence-electron chi connectivity index (χ0n) is 12.1. The van der Waals surface area contributed by atoms with Gasteiger partial charge in [-0.2, -0.15) is 0 Å². The first-order chi connectivity index (χ1) is 10.2. The molecule has 0 atom stereocenters. The second-order valence-corrected chi connectivity index (χ2v) is 4.87. The highest BCUT2D eigenvalue weighted by Crippen LogP contribution is 2.09. The normalized spacial score (nSPS) is 10.6. The molecular formula is C15H20N4O2. The van der Waals surface area contributed by atoms with Crippen molar-refractivity contribution >= 4 is 17.1 Å². The Morgan fingerprint density at radius 2 is 2.05 bits per heavy atom. The minimum absolute atomic E-state index is 0.150. The van der Waals surface area contributed by atoms with Crippen molar-refractivity contribution in [1.29, 1.82) is 0 Å². The van der Waals surface area contributed by atoms with Crippen LogP contribution in [0.15, 0.2) is 30.5 Å². The molecule has 21 heavy (non-hydrogen) atoms. The fourth-order valence-corrected chi connectivity index (χ4v) is 1.95. The van der Waals surface area contributed by atoms with Crippen molar-refractivity contribution in [1.82, 2.24) is 20.2 Å². The molecule has 6 heteroatoms. The third-order valence-corrected chi connectivity index (χ3v) is 3.11. The van der Waals surface area contributed by atoms with Gasteiger partial charge in [0.15, 0.2) is 0 Å². The molecule has 0 saturated carbocycles. The van der Waals surface area contributed by atoms with Crippen molar-refractivity contribution in [3.8, 4) is 0 Å². The number of para-hydroxylation sites is 2. The summed E-state index contributed by atoms with van der Waals surface area (Å²) in [6.45, 7) is 1.12. The lowest BCUT2D eigenvalue weighted by atomic mass is 10.3. The van der Waals surface area contributed by atoms with E-state index < -0.39 is 0 Å². The van der Waals surface area contributed by atoms with Gasteiger partial charge in [-0.3, -0.25) is 4.98 Å². The number of carbonyl (C=O) groups excluding carboxylic acids is 1. The minimum Gasteiger partial charge on any atom is -0.396 e. The summed E-state index contributed by atoms with van der Waals surface area (Å²) < 4.78 is 0. The lowest BCUT2D eigenvalue weighted by molar-refractivity contribution is 0.205. The van der Waals surface area contributed by atoms with Crippen LogP contribution in [0.3, 0.4) is 0 Å². The molecule has 1 aromatic carbocycles. The van der Waals surface area contributed by atoms with Crippen molar-refractivity contribution in [2.24, 2.45) is 0 Å². The average Bonchev–Trinajstić information content (AvgIpc) is 2.51. The summed E-state index contributed by atoms with van der Waals surface area (Å²) in [6.07, 6.45) is 3.16. The number of fused-ring (bicyclic) bond motifs is 1. The third-order valence-electron chi connectivity index (χ3n) is 3.11. The number of amides is 2. The van der Waals surface area contributed by atoms with Gasteiger partial charge in [0, 0.05) is 20.2 Å². The Morgan fingerprint density at radius 1 is 1.29 bits per heavy atom. The first-order valence-corrected chi connectivity index (χ1v) is 7.01. The fourth-order valence-electron chi connectivity index (χ4n) is 1.95. The van der Waals surface area contributed by atoms with E-state index in [4.69, 9.17) is 5.11 Å². The number of benzene rings is 1. The van der Waals surface area contributed by atoms with Gasteiger partial charge in [0.05, 0.1) is 29.5 Å². The number of rotatable bonds is 6. The van der Waals surface area contributed by atoms with E-state index >= 15 is 0 Å². The van der Waals surface area contributed by atoms with Crippen LogP contribution in [0, 0.1) is 0 Å². The van der Waals surface area contributed by atoms with Crippen molar-refractivity contribution in [2.75, 3.05) is 20.2 Å². The Bertz CT molecular complexity index is 603. The monoisotopic (exact) mass is 288 g/mol. The van der Waals surface area contributed by atoms with E-state index in [1.807, 2.05) is 24.3 Å². The van der Waals surface area contributed by atoms with Crippen LogP contribution >= 0.6 is 0 Å². The molecule has 112 valence electrons. The Balaban J connectivity index is 1.91. The molecule has 2 aromatic rings. The minimum atomic E-state index is -0.150. The number of aliphatic hydroxyl groups excluding tert-OH is 1. The summed E-state index contributed by atoms with van der Waals surface area (Å²) in [6, 6.07) is 7.49. The standard InChI is InChI=1S/C15H20N4O2/c1-19(15(21)16-8-4-5-9-20)11-12-10-17-13-6-2-3-7-14(13)18-12/h2-3,6-7,10,20H,4-5,8-9,11H2,1H3,(H,16,21). The molecule has 0 aliphatic rings. The molecule has 0 unspecified atom stereocenters. The van der Waals surface area contributed by atoms with E-state index in [-0.39, 0.29) is 12.6 Å². The summed E-state index contributed by atoms with van der Waals surface area (Å²) in [7, 11) is 1.72. The molecule has 0 saturated heterocycles. The summed E-state index contributed by atoms with van der Waals surface area (Å²) >= 11 is 0. The first kappa shape index (κ1) is 15.2. The molecule has 0 aliphatic carbocycles. The number of unbranched alkanes of at least 4 members (excludes halogenated alkanes) is 1. The number of aliphatic hydroxyl groups is 1. The largest absolute Gasteiger partial charge is 0.396 e. The Labute approximate surface area is 123 Å². The Hall–Kier alpha value is -2.21. The summed E-state index contributed by atoms with van der Waals surface area (Å²) in [5.41, 5.74) is 2.42. The van der Waals surface area contributed by atoms with Gasteiger partial charge in [-0.05, 0) is 25.0 Å². The predicted molar refractivity (Wildman–Crippen MR) is 80.7 cm³/mol. The highest BCUT2D eigenvalue weighted by molar-refractivity contribution is 5.75. The highest BCUT2D eigenvalue weighted by atomic mass is 16.3. The van der Waals surface area contributed by atoms with Gasteiger partial charge in [-0.15, -0.1) is 0 Å². The molecule has 0 fully saturated rings. The van der Waals surface area contributed by atoms with Gasteiger partial charge in [0.2, 0.25) is 0 Å². The molecule has 2 N–H and O–H groups in total. The van der Waals surface area contributed by atoms with Gasteiger partial charge in [-0.25, -0.2) is 9.78 Å². The summed E-state index contributed by atoms with van der Waals surface area (Å²) in [5.74, 6) is 0. The van der Waals surface area contributed by atoms with Crippen molar-refractivity contribution in [3.05, 3.63) is 36.2 Å². The zero-order valence-corrected chi connectivity index (χ0v) is 12.1. The van der Waals surface area contributed by atoms with Crippen molar-refractivity contribution in [3.63, 3.8) is 0 Å². The number of urea groups is 1. The third kappa shape index (κ3) is 4.39. The van der Waals surface area contributed by atoms with Crippen molar-refractivity contribution < 1.29 is 9.90 Å². The van der Waals surface area contributed by atoms with Crippen molar-refractivity contribution in [2.45, 2.75) is 19.4 Å². The van der Waals surface area contributed by atoms with Crippen LogP contribution in [0.1, 0.15) is 18.5 Å². The smallest absolute Gasteiger partial charge is 0.317 e. The Kier molecular flexibility index (Phi) is 5.45. The maximum Gasteiger partial charge on any atom is 0.317 e. The van der Waals surface area contributed by atoms with E-state index in [1.54, 1.807) is 18.1 Å². The highest BCUT2D eigenvalue weighted by Gasteiger charge is 2.09. The zero-order chi connectivity index (χ0) is 15.1. The van der Waals surface area contributed by atoms with Crippen LogP contribution in [0.25, 0.3) is 11.0 Å².